The summed E-state index contributed by atoms with van der Waals surface area (Å²) < 4.78 is 0. The van der Waals surface area contributed by atoms with Gasteiger partial charge in [-0.15, -0.1) is 0 Å². The lowest BCUT2D eigenvalue weighted by atomic mass is 10.0. The number of rotatable bonds is 7. The van der Waals surface area contributed by atoms with Crippen LogP contribution in [-0.4, -0.2) is 37.5 Å². The summed E-state index contributed by atoms with van der Waals surface area (Å²) in [5, 5.41) is 3.13. The minimum Gasteiger partial charge on any atom is -0.339 e. The molecule has 0 saturated heterocycles. The van der Waals surface area contributed by atoms with Crippen LogP contribution >= 0.6 is 0 Å². The Bertz CT molecular complexity index is 377. The number of carbonyl (C=O) groups excluding carboxylic acids is 1. The Balaban J connectivity index is 2.89. The molecule has 0 atom stereocenters. The van der Waals surface area contributed by atoms with Gasteiger partial charge in [0.15, 0.2) is 0 Å². The van der Waals surface area contributed by atoms with Gasteiger partial charge in [-0.3, -0.25) is 4.79 Å². The molecule has 0 heterocycles. The highest BCUT2D eigenvalue weighted by molar-refractivity contribution is 5.95. The first-order chi connectivity index (χ1) is 8.74. The van der Waals surface area contributed by atoms with Crippen molar-refractivity contribution in [3.8, 4) is 0 Å². The molecule has 1 N–H and O–H groups in total. The number of amides is 1. The maximum atomic E-state index is 12.5. The fourth-order valence-corrected chi connectivity index (χ4v) is 2.05. The molecule has 0 radical (unpaired) electrons. The predicted octanol–water partition coefficient (Wildman–Crippen LogP) is 2.32. The fraction of sp³-hybridized carbons (Fsp3) is 0.533. The van der Waals surface area contributed by atoms with Crippen molar-refractivity contribution in [3.05, 3.63) is 35.4 Å². The lowest BCUT2D eigenvalue weighted by Gasteiger charge is -2.21. The Labute approximate surface area is 110 Å². The van der Waals surface area contributed by atoms with E-state index in [9.17, 15) is 4.79 Å². The average Bonchev–Trinajstić information content (AvgIpc) is 2.42. The Hall–Kier alpha value is -1.35. The van der Waals surface area contributed by atoms with Crippen molar-refractivity contribution in [2.24, 2.45) is 0 Å². The zero-order valence-electron chi connectivity index (χ0n) is 11.7. The van der Waals surface area contributed by atoms with E-state index in [2.05, 4.69) is 12.2 Å². The third kappa shape index (κ3) is 3.84. The molecule has 1 aromatic carbocycles. The van der Waals surface area contributed by atoms with Gasteiger partial charge in [0, 0.05) is 18.7 Å². The molecule has 1 amide bonds. The van der Waals surface area contributed by atoms with E-state index in [1.54, 1.807) is 0 Å². The second kappa shape index (κ2) is 7.88. The molecule has 3 heteroatoms. The highest BCUT2D eigenvalue weighted by atomic mass is 16.2. The van der Waals surface area contributed by atoms with Crippen molar-refractivity contribution in [2.45, 2.75) is 26.7 Å². The molecule has 0 unspecified atom stereocenters. The average molecular weight is 248 g/mol. The SMILES string of the molecule is CCCN(CC)C(=O)c1ccccc1CCNC. The molecule has 0 aliphatic carbocycles. The summed E-state index contributed by atoms with van der Waals surface area (Å²) in [5.41, 5.74) is 1.98. The van der Waals surface area contributed by atoms with Crippen molar-refractivity contribution in [1.82, 2.24) is 10.2 Å². The topological polar surface area (TPSA) is 32.3 Å². The van der Waals surface area contributed by atoms with E-state index in [0.29, 0.717) is 0 Å². The number of carbonyl (C=O) groups is 1. The van der Waals surface area contributed by atoms with Gasteiger partial charge < -0.3 is 10.2 Å². The summed E-state index contributed by atoms with van der Waals surface area (Å²) in [6.45, 7) is 6.62. The zero-order chi connectivity index (χ0) is 13.4. The van der Waals surface area contributed by atoms with E-state index >= 15 is 0 Å². The van der Waals surface area contributed by atoms with Crippen molar-refractivity contribution >= 4 is 5.91 Å². The first-order valence-electron chi connectivity index (χ1n) is 6.76. The zero-order valence-corrected chi connectivity index (χ0v) is 11.7. The molecular weight excluding hydrogens is 224 g/mol. The van der Waals surface area contributed by atoms with Gasteiger partial charge in [0.1, 0.15) is 0 Å². The van der Waals surface area contributed by atoms with Gasteiger partial charge in [-0.25, -0.2) is 0 Å². The summed E-state index contributed by atoms with van der Waals surface area (Å²) in [7, 11) is 1.93. The summed E-state index contributed by atoms with van der Waals surface area (Å²) in [5.74, 6) is 0.158. The molecular formula is C15H24N2O. The quantitative estimate of drug-likeness (QED) is 0.803. The van der Waals surface area contributed by atoms with Crippen LogP contribution in [0, 0.1) is 0 Å². The van der Waals surface area contributed by atoms with Crippen LogP contribution in [0.5, 0.6) is 0 Å². The molecule has 3 nitrogen and oxygen atoms in total. The van der Waals surface area contributed by atoms with Crippen LogP contribution in [0.3, 0.4) is 0 Å². The molecule has 0 aromatic heterocycles. The van der Waals surface area contributed by atoms with Crippen molar-refractivity contribution in [2.75, 3.05) is 26.7 Å². The van der Waals surface area contributed by atoms with Gasteiger partial charge >= 0.3 is 0 Å². The number of likely N-dealkylation sites (N-methyl/N-ethyl adjacent to an activating group) is 1. The van der Waals surface area contributed by atoms with Crippen molar-refractivity contribution < 1.29 is 4.79 Å². The highest BCUT2D eigenvalue weighted by Gasteiger charge is 2.16. The summed E-state index contributed by atoms with van der Waals surface area (Å²) >= 11 is 0. The first-order valence-corrected chi connectivity index (χ1v) is 6.76. The Morgan fingerprint density at radius 2 is 2.00 bits per heavy atom. The van der Waals surface area contributed by atoms with Crippen LogP contribution in [0.4, 0.5) is 0 Å². The number of hydrogen-bond acceptors (Lipinski definition) is 2. The van der Waals surface area contributed by atoms with Crippen LogP contribution in [-0.2, 0) is 6.42 Å². The second-order valence-corrected chi connectivity index (χ2v) is 4.40. The normalized spacial score (nSPS) is 10.4. The second-order valence-electron chi connectivity index (χ2n) is 4.40. The van der Waals surface area contributed by atoms with Crippen LogP contribution < -0.4 is 5.32 Å². The van der Waals surface area contributed by atoms with Gasteiger partial charge in [-0.05, 0) is 45.0 Å². The molecule has 18 heavy (non-hydrogen) atoms. The third-order valence-corrected chi connectivity index (χ3v) is 3.05. The van der Waals surface area contributed by atoms with Crippen LogP contribution in [0.1, 0.15) is 36.2 Å². The fourth-order valence-electron chi connectivity index (χ4n) is 2.05. The summed E-state index contributed by atoms with van der Waals surface area (Å²) in [6, 6.07) is 7.92. The van der Waals surface area contributed by atoms with Gasteiger partial charge in [0.05, 0.1) is 0 Å². The van der Waals surface area contributed by atoms with Crippen LogP contribution in [0.15, 0.2) is 24.3 Å². The molecule has 0 saturated carbocycles. The number of benzene rings is 1. The lowest BCUT2D eigenvalue weighted by molar-refractivity contribution is 0.0763. The maximum absolute atomic E-state index is 12.5. The molecule has 0 aliphatic rings. The van der Waals surface area contributed by atoms with Crippen molar-refractivity contribution in [1.29, 1.82) is 0 Å². The minimum absolute atomic E-state index is 0.158. The Morgan fingerprint density at radius 1 is 1.28 bits per heavy atom. The van der Waals surface area contributed by atoms with E-state index in [1.165, 1.54) is 0 Å². The summed E-state index contributed by atoms with van der Waals surface area (Å²) in [6.07, 6.45) is 1.89. The van der Waals surface area contributed by atoms with Gasteiger partial charge in [0.2, 0.25) is 0 Å². The molecule has 1 aromatic rings. The van der Waals surface area contributed by atoms with E-state index in [1.807, 2.05) is 43.1 Å². The van der Waals surface area contributed by atoms with Gasteiger partial charge in [0.25, 0.3) is 5.91 Å². The molecule has 0 aliphatic heterocycles. The van der Waals surface area contributed by atoms with Gasteiger partial charge in [-0.1, -0.05) is 25.1 Å². The summed E-state index contributed by atoms with van der Waals surface area (Å²) in [4.78, 5) is 14.4. The number of hydrogen-bond donors (Lipinski definition) is 1. The Kier molecular flexibility index (Phi) is 6.44. The lowest BCUT2D eigenvalue weighted by Crippen LogP contribution is -2.32. The molecule has 0 bridgehead atoms. The monoisotopic (exact) mass is 248 g/mol. The van der Waals surface area contributed by atoms with E-state index in [0.717, 1.165) is 43.6 Å². The largest absolute Gasteiger partial charge is 0.339 e. The Morgan fingerprint density at radius 3 is 2.61 bits per heavy atom. The third-order valence-electron chi connectivity index (χ3n) is 3.05. The highest BCUT2D eigenvalue weighted by Crippen LogP contribution is 2.12. The number of nitrogens with one attached hydrogen (secondary N) is 1. The van der Waals surface area contributed by atoms with E-state index < -0.39 is 0 Å². The smallest absolute Gasteiger partial charge is 0.254 e. The molecule has 1 rings (SSSR count). The standard InChI is InChI=1S/C15H24N2O/c1-4-12-17(5-2)15(18)14-9-7-6-8-13(14)10-11-16-3/h6-9,16H,4-5,10-12H2,1-3H3. The first kappa shape index (κ1) is 14.7. The molecule has 0 fully saturated rings. The number of nitrogens with zero attached hydrogens (tertiary/aromatic N) is 1. The van der Waals surface area contributed by atoms with Crippen LogP contribution in [0.2, 0.25) is 0 Å². The maximum Gasteiger partial charge on any atom is 0.254 e. The van der Waals surface area contributed by atoms with Gasteiger partial charge in [-0.2, -0.15) is 0 Å². The van der Waals surface area contributed by atoms with E-state index in [-0.39, 0.29) is 5.91 Å². The predicted molar refractivity (Wildman–Crippen MR) is 75.9 cm³/mol. The van der Waals surface area contributed by atoms with E-state index in [4.69, 9.17) is 0 Å². The molecule has 100 valence electrons. The minimum atomic E-state index is 0.158. The van der Waals surface area contributed by atoms with Crippen molar-refractivity contribution in [3.63, 3.8) is 0 Å². The van der Waals surface area contributed by atoms with Crippen LogP contribution in [0.25, 0.3) is 0 Å². The molecule has 0 spiro atoms.